The van der Waals surface area contributed by atoms with Crippen molar-refractivity contribution in [3.8, 4) is 11.5 Å². The van der Waals surface area contributed by atoms with Gasteiger partial charge in [-0.3, -0.25) is 9.10 Å². The van der Waals surface area contributed by atoms with Crippen molar-refractivity contribution in [3.05, 3.63) is 53.1 Å². The minimum atomic E-state index is -3.70. The zero-order chi connectivity index (χ0) is 22.1. The van der Waals surface area contributed by atoms with Gasteiger partial charge in [0.25, 0.3) is 0 Å². The van der Waals surface area contributed by atoms with Crippen LogP contribution in [0.15, 0.2) is 42.5 Å². The lowest BCUT2D eigenvalue weighted by Crippen LogP contribution is -2.41. The molecule has 164 valence electrons. The van der Waals surface area contributed by atoms with Crippen LogP contribution in [0.4, 0.5) is 5.69 Å². The number of carbonyl (C=O) groups excluding carboxylic acids is 1. The molecule has 2 aromatic carbocycles. The molecule has 0 heterocycles. The van der Waals surface area contributed by atoms with Crippen molar-refractivity contribution in [2.45, 2.75) is 5.75 Å². The number of ether oxygens (including phenoxy) is 2. The predicted molar refractivity (Wildman–Crippen MR) is 122 cm³/mol. The Labute approximate surface area is 186 Å². The standard InChI is InChI=1S/C20H25ClN2O5S2/c1-27-17-8-9-18(19(12-17)28-2)23(30(3,25)26)13-20(24)22-10-11-29-14-15-4-6-16(21)7-5-15/h4-9,12H,10-11,13-14H2,1-3H3,(H,22,24). The van der Waals surface area contributed by atoms with Crippen molar-refractivity contribution in [2.75, 3.05) is 43.6 Å². The minimum absolute atomic E-state index is 0.271. The van der Waals surface area contributed by atoms with E-state index in [1.165, 1.54) is 14.2 Å². The minimum Gasteiger partial charge on any atom is -0.497 e. The molecule has 30 heavy (non-hydrogen) atoms. The van der Waals surface area contributed by atoms with E-state index < -0.39 is 15.9 Å². The molecule has 0 aliphatic heterocycles. The van der Waals surface area contributed by atoms with Gasteiger partial charge >= 0.3 is 0 Å². The van der Waals surface area contributed by atoms with Crippen molar-refractivity contribution in [3.63, 3.8) is 0 Å². The highest BCUT2D eigenvalue weighted by Crippen LogP contribution is 2.33. The maximum absolute atomic E-state index is 12.4. The van der Waals surface area contributed by atoms with Crippen molar-refractivity contribution in [2.24, 2.45) is 0 Å². The molecule has 2 rings (SSSR count). The van der Waals surface area contributed by atoms with Gasteiger partial charge in [-0.15, -0.1) is 0 Å². The second-order valence-electron chi connectivity index (χ2n) is 6.34. The first-order chi connectivity index (χ1) is 14.2. The number of benzene rings is 2. The van der Waals surface area contributed by atoms with Gasteiger partial charge in [0.15, 0.2) is 0 Å². The van der Waals surface area contributed by atoms with Crippen LogP contribution in [0.5, 0.6) is 11.5 Å². The maximum atomic E-state index is 12.4. The number of sulfonamides is 1. The molecule has 0 aliphatic carbocycles. The van der Waals surface area contributed by atoms with E-state index in [-0.39, 0.29) is 12.2 Å². The summed E-state index contributed by atoms with van der Waals surface area (Å²) in [5.74, 6) is 1.91. The number of methoxy groups -OCH3 is 2. The molecule has 0 aliphatic rings. The Bertz CT molecular complexity index is 952. The van der Waals surface area contributed by atoms with Crippen molar-refractivity contribution in [1.82, 2.24) is 5.32 Å². The van der Waals surface area contributed by atoms with E-state index in [1.807, 2.05) is 24.3 Å². The lowest BCUT2D eigenvalue weighted by atomic mass is 10.2. The number of nitrogens with zero attached hydrogens (tertiary/aromatic N) is 1. The third kappa shape index (κ3) is 7.30. The fourth-order valence-corrected chi connectivity index (χ4v) is 4.40. The van der Waals surface area contributed by atoms with Gasteiger partial charge in [0.05, 0.1) is 26.2 Å². The van der Waals surface area contributed by atoms with Crippen molar-refractivity contribution < 1.29 is 22.7 Å². The van der Waals surface area contributed by atoms with Gasteiger partial charge in [0.1, 0.15) is 18.0 Å². The molecule has 0 spiro atoms. The highest BCUT2D eigenvalue weighted by atomic mass is 35.5. The van der Waals surface area contributed by atoms with E-state index in [0.29, 0.717) is 28.8 Å². The van der Waals surface area contributed by atoms with Crippen LogP contribution in [0.2, 0.25) is 5.02 Å². The number of thioether (sulfide) groups is 1. The molecule has 0 fully saturated rings. The number of rotatable bonds is 11. The van der Waals surface area contributed by atoms with E-state index in [4.69, 9.17) is 21.1 Å². The first-order valence-corrected chi connectivity index (χ1v) is 12.4. The third-order valence-corrected chi connectivity index (χ3v) is 6.50. The number of anilines is 1. The fourth-order valence-electron chi connectivity index (χ4n) is 2.59. The third-order valence-electron chi connectivity index (χ3n) is 4.09. The average Bonchev–Trinajstić information content (AvgIpc) is 2.72. The average molecular weight is 473 g/mol. The fraction of sp³-hybridized carbons (Fsp3) is 0.350. The van der Waals surface area contributed by atoms with Gasteiger partial charge in [-0.1, -0.05) is 23.7 Å². The summed E-state index contributed by atoms with van der Waals surface area (Å²) < 4.78 is 36.0. The molecule has 2 aromatic rings. The van der Waals surface area contributed by atoms with E-state index in [0.717, 1.165) is 21.9 Å². The molecule has 1 amide bonds. The Hall–Kier alpha value is -2.10. The Kier molecular flexibility index (Phi) is 9.13. The summed E-state index contributed by atoms with van der Waals surface area (Å²) in [4.78, 5) is 12.4. The van der Waals surface area contributed by atoms with Crippen LogP contribution in [-0.2, 0) is 20.6 Å². The quantitative estimate of drug-likeness (QED) is 0.505. The molecule has 0 saturated carbocycles. The van der Waals surface area contributed by atoms with Gasteiger partial charge in [-0.05, 0) is 29.8 Å². The molecule has 0 unspecified atom stereocenters. The molecule has 0 bridgehead atoms. The summed E-state index contributed by atoms with van der Waals surface area (Å²) in [6, 6.07) is 12.3. The van der Waals surface area contributed by atoms with Gasteiger partial charge < -0.3 is 14.8 Å². The number of carbonyl (C=O) groups is 1. The Morgan fingerprint density at radius 2 is 1.83 bits per heavy atom. The second kappa shape index (κ2) is 11.3. The first kappa shape index (κ1) is 24.2. The Morgan fingerprint density at radius 3 is 2.43 bits per heavy atom. The van der Waals surface area contributed by atoms with Gasteiger partial charge in [-0.25, -0.2) is 8.42 Å². The summed E-state index contributed by atoms with van der Waals surface area (Å²) in [5.41, 5.74) is 1.42. The molecular formula is C20H25ClN2O5S2. The lowest BCUT2D eigenvalue weighted by Gasteiger charge is -2.24. The summed E-state index contributed by atoms with van der Waals surface area (Å²) in [7, 11) is -0.776. The number of nitrogens with one attached hydrogen (secondary N) is 1. The van der Waals surface area contributed by atoms with Gasteiger partial charge in [-0.2, -0.15) is 11.8 Å². The number of amides is 1. The van der Waals surface area contributed by atoms with Crippen LogP contribution >= 0.6 is 23.4 Å². The summed E-state index contributed by atoms with van der Waals surface area (Å²) >= 11 is 7.53. The van der Waals surface area contributed by atoms with Crippen LogP contribution in [0.1, 0.15) is 5.56 Å². The zero-order valence-electron chi connectivity index (χ0n) is 17.1. The normalized spacial score (nSPS) is 11.1. The van der Waals surface area contributed by atoms with Crippen LogP contribution in [0.25, 0.3) is 0 Å². The highest BCUT2D eigenvalue weighted by Gasteiger charge is 2.24. The van der Waals surface area contributed by atoms with Crippen LogP contribution in [-0.4, -0.2) is 53.6 Å². The summed E-state index contributed by atoms with van der Waals surface area (Å²) in [6.07, 6.45) is 1.05. The smallest absolute Gasteiger partial charge is 0.240 e. The second-order valence-corrected chi connectivity index (χ2v) is 9.78. The largest absolute Gasteiger partial charge is 0.497 e. The topological polar surface area (TPSA) is 84.9 Å². The van der Waals surface area contributed by atoms with Crippen molar-refractivity contribution in [1.29, 1.82) is 0 Å². The Morgan fingerprint density at radius 1 is 1.13 bits per heavy atom. The summed E-state index contributed by atoms with van der Waals surface area (Å²) in [5, 5.41) is 3.45. The van der Waals surface area contributed by atoms with Crippen LogP contribution in [0.3, 0.4) is 0 Å². The Balaban J connectivity index is 1.92. The molecular weight excluding hydrogens is 448 g/mol. The van der Waals surface area contributed by atoms with Gasteiger partial charge in [0, 0.05) is 29.1 Å². The highest BCUT2D eigenvalue weighted by molar-refractivity contribution is 7.98. The molecule has 0 atom stereocenters. The van der Waals surface area contributed by atoms with Crippen LogP contribution in [0, 0.1) is 0 Å². The lowest BCUT2D eigenvalue weighted by molar-refractivity contribution is -0.119. The molecule has 0 radical (unpaired) electrons. The molecule has 7 nitrogen and oxygen atoms in total. The molecule has 10 heteroatoms. The van der Waals surface area contributed by atoms with E-state index >= 15 is 0 Å². The van der Waals surface area contributed by atoms with E-state index in [9.17, 15) is 13.2 Å². The summed E-state index contributed by atoms with van der Waals surface area (Å²) in [6.45, 7) is 0.0812. The van der Waals surface area contributed by atoms with Gasteiger partial charge in [0.2, 0.25) is 15.9 Å². The predicted octanol–water partition coefficient (Wildman–Crippen LogP) is 3.17. The SMILES string of the molecule is COc1ccc(N(CC(=O)NCCSCc2ccc(Cl)cc2)S(C)(=O)=O)c(OC)c1. The monoisotopic (exact) mass is 472 g/mol. The molecule has 1 N–H and O–H groups in total. The van der Waals surface area contributed by atoms with Crippen molar-refractivity contribution >= 4 is 45.0 Å². The molecule has 0 saturated heterocycles. The van der Waals surface area contributed by atoms with Crippen LogP contribution < -0.4 is 19.1 Å². The maximum Gasteiger partial charge on any atom is 0.240 e. The number of hydrogen-bond donors (Lipinski definition) is 1. The van der Waals surface area contributed by atoms with E-state index in [2.05, 4.69) is 5.32 Å². The zero-order valence-corrected chi connectivity index (χ0v) is 19.4. The number of halogens is 1. The number of hydrogen-bond acceptors (Lipinski definition) is 6. The molecule has 0 aromatic heterocycles. The van der Waals surface area contributed by atoms with E-state index in [1.54, 1.807) is 30.0 Å². The first-order valence-electron chi connectivity index (χ1n) is 9.03.